The van der Waals surface area contributed by atoms with Gasteiger partial charge in [-0.3, -0.25) is 4.57 Å². The average Bonchev–Trinajstić information content (AvgIpc) is 3.13. The summed E-state index contributed by atoms with van der Waals surface area (Å²) in [7, 11) is 2.12. The van der Waals surface area contributed by atoms with Gasteiger partial charge in [-0.25, -0.2) is 9.97 Å². The first-order valence-corrected chi connectivity index (χ1v) is 9.99. The highest BCUT2D eigenvalue weighted by molar-refractivity contribution is 5.61. The molecule has 2 aromatic heterocycles. The molecule has 0 N–H and O–H groups in total. The molecular weight excluding hydrogens is 348 g/mol. The summed E-state index contributed by atoms with van der Waals surface area (Å²) >= 11 is 0. The highest BCUT2D eigenvalue weighted by Crippen LogP contribution is 2.34. The van der Waals surface area contributed by atoms with Gasteiger partial charge in [0.1, 0.15) is 12.4 Å². The van der Waals surface area contributed by atoms with Crippen LogP contribution in [-0.4, -0.2) is 34.7 Å². The minimum atomic E-state index is 0.397. The van der Waals surface area contributed by atoms with Crippen molar-refractivity contribution in [1.29, 1.82) is 0 Å². The maximum Gasteiger partial charge on any atom is 0.233 e. The fourth-order valence-electron chi connectivity index (χ4n) is 3.84. The molecule has 5 heteroatoms. The van der Waals surface area contributed by atoms with Crippen LogP contribution in [0.1, 0.15) is 49.4 Å². The summed E-state index contributed by atoms with van der Waals surface area (Å²) in [5.74, 6) is 2.53. The molecule has 0 fully saturated rings. The van der Waals surface area contributed by atoms with E-state index in [-0.39, 0.29) is 0 Å². The normalized spacial score (nSPS) is 14.7. The average molecular weight is 377 g/mol. The Morgan fingerprint density at radius 3 is 2.64 bits per heavy atom. The molecule has 3 aromatic rings. The van der Waals surface area contributed by atoms with Crippen LogP contribution in [0.4, 0.5) is 5.69 Å². The van der Waals surface area contributed by atoms with E-state index in [4.69, 9.17) is 4.74 Å². The van der Waals surface area contributed by atoms with E-state index in [9.17, 15) is 0 Å². The van der Waals surface area contributed by atoms with Gasteiger partial charge in [-0.1, -0.05) is 26.8 Å². The van der Waals surface area contributed by atoms with E-state index in [1.165, 1.54) is 22.5 Å². The summed E-state index contributed by atoms with van der Waals surface area (Å²) in [6, 6.07) is 10.8. The van der Waals surface area contributed by atoms with Crippen molar-refractivity contribution < 1.29 is 4.74 Å². The fourth-order valence-corrected chi connectivity index (χ4v) is 3.84. The highest BCUT2D eigenvalue weighted by Gasteiger charge is 2.18. The third-order valence-corrected chi connectivity index (χ3v) is 5.46. The van der Waals surface area contributed by atoms with Crippen LogP contribution in [0.25, 0.3) is 5.95 Å². The molecule has 3 heterocycles. The van der Waals surface area contributed by atoms with E-state index in [0.29, 0.717) is 11.8 Å². The molecule has 1 atom stereocenters. The molecule has 0 spiro atoms. The molecule has 5 nitrogen and oxygen atoms in total. The van der Waals surface area contributed by atoms with Crippen molar-refractivity contribution in [3.05, 3.63) is 65.7 Å². The van der Waals surface area contributed by atoms with Gasteiger partial charge in [-0.15, -0.1) is 0 Å². The third-order valence-electron chi connectivity index (χ3n) is 5.46. The van der Waals surface area contributed by atoms with E-state index in [1.54, 1.807) is 12.4 Å². The monoisotopic (exact) mass is 376 g/mol. The van der Waals surface area contributed by atoms with Crippen LogP contribution in [-0.2, 0) is 6.42 Å². The van der Waals surface area contributed by atoms with Crippen LogP contribution in [0.15, 0.2) is 48.9 Å². The minimum Gasteiger partial charge on any atom is -0.490 e. The van der Waals surface area contributed by atoms with Crippen molar-refractivity contribution >= 4 is 5.69 Å². The molecule has 0 bridgehead atoms. The van der Waals surface area contributed by atoms with Crippen molar-refractivity contribution in [3.8, 4) is 11.7 Å². The summed E-state index contributed by atoms with van der Waals surface area (Å²) < 4.78 is 8.01. The first kappa shape index (κ1) is 18.5. The molecule has 1 unspecified atom stereocenters. The number of benzene rings is 1. The van der Waals surface area contributed by atoms with Crippen molar-refractivity contribution in [3.63, 3.8) is 0 Å². The summed E-state index contributed by atoms with van der Waals surface area (Å²) in [5.41, 5.74) is 5.03. The van der Waals surface area contributed by atoms with Gasteiger partial charge in [-0.2, -0.15) is 0 Å². The summed E-state index contributed by atoms with van der Waals surface area (Å²) in [6.45, 7) is 8.38. The number of anilines is 1. The van der Waals surface area contributed by atoms with Crippen LogP contribution in [0, 0.1) is 0 Å². The number of fused-ring (bicyclic) bond motifs is 1. The number of likely N-dealkylation sites (N-methyl/N-ethyl adjacent to an activating group) is 1. The predicted octanol–water partition coefficient (Wildman–Crippen LogP) is 4.57. The molecule has 0 radical (unpaired) electrons. The first-order valence-electron chi connectivity index (χ1n) is 9.99. The van der Waals surface area contributed by atoms with Crippen molar-refractivity contribution in [2.45, 2.75) is 39.0 Å². The van der Waals surface area contributed by atoms with Crippen molar-refractivity contribution in [1.82, 2.24) is 14.5 Å². The smallest absolute Gasteiger partial charge is 0.233 e. The Morgan fingerprint density at radius 1 is 1.11 bits per heavy atom. The second-order valence-corrected chi connectivity index (χ2v) is 7.95. The van der Waals surface area contributed by atoms with E-state index >= 15 is 0 Å². The van der Waals surface area contributed by atoms with E-state index in [2.05, 4.69) is 77.7 Å². The number of rotatable bonds is 5. The van der Waals surface area contributed by atoms with Gasteiger partial charge in [0.15, 0.2) is 0 Å². The van der Waals surface area contributed by atoms with Gasteiger partial charge in [0.25, 0.3) is 0 Å². The zero-order valence-corrected chi connectivity index (χ0v) is 17.1. The Labute approximate surface area is 167 Å². The molecule has 4 rings (SSSR count). The predicted molar refractivity (Wildman–Crippen MR) is 113 cm³/mol. The summed E-state index contributed by atoms with van der Waals surface area (Å²) in [5, 5.41) is 0. The molecular formula is C23H28N4O. The lowest BCUT2D eigenvalue weighted by Gasteiger charge is -2.28. The van der Waals surface area contributed by atoms with Gasteiger partial charge in [0.2, 0.25) is 5.95 Å². The van der Waals surface area contributed by atoms with Crippen LogP contribution in [0.3, 0.4) is 0 Å². The van der Waals surface area contributed by atoms with Gasteiger partial charge < -0.3 is 9.64 Å². The van der Waals surface area contributed by atoms with Gasteiger partial charge >= 0.3 is 0 Å². The standard InChI is InChI=1S/C23H28N4O/c1-16(2)21-13-18(15-27(21)23-24-8-5-9-25-23)12-17(3)19-6-7-20-22(14-19)28-11-10-26(20)4/h5-9,13-17H,10-12H2,1-4H3. The molecule has 1 aliphatic rings. The zero-order valence-electron chi connectivity index (χ0n) is 17.1. The lowest BCUT2D eigenvalue weighted by molar-refractivity contribution is 0.311. The van der Waals surface area contributed by atoms with Gasteiger partial charge in [0, 0.05) is 31.3 Å². The van der Waals surface area contributed by atoms with E-state index < -0.39 is 0 Å². The second kappa shape index (κ2) is 7.66. The number of nitrogens with zero attached hydrogens (tertiary/aromatic N) is 4. The lowest BCUT2D eigenvalue weighted by atomic mass is 9.94. The van der Waals surface area contributed by atoms with E-state index in [1.807, 2.05) is 6.07 Å². The molecule has 0 aliphatic carbocycles. The largest absolute Gasteiger partial charge is 0.490 e. The SMILES string of the molecule is CC(C)c1cc(CC(C)c2ccc3c(c2)OCCN3C)cn1-c1ncccn1. The van der Waals surface area contributed by atoms with Crippen molar-refractivity contribution in [2.24, 2.45) is 0 Å². The zero-order chi connectivity index (χ0) is 19.7. The van der Waals surface area contributed by atoms with Gasteiger partial charge in [-0.05, 0) is 53.6 Å². The van der Waals surface area contributed by atoms with Crippen LogP contribution >= 0.6 is 0 Å². The fraction of sp³-hybridized carbons (Fsp3) is 0.391. The molecule has 1 aromatic carbocycles. The first-order chi connectivity index (χ1) is 13.5. The molecule has 0 amide bonds. The number of hydrogen-bond donors (Lipinski definition) is 0. The van der Waals surface area contributed by atoms with Crippen LogP contribution in [0.2, 0.25) is 0 Å². The van der Waals surface area contributed by atoms with E-state index in [0.717, 1.165) is 31.3 Å². The van der Waals surface area contributed by atoms with Crippen LogP contribution < -0.4 is 9.64 Å². The number of ether oxygens (including phenoxy) is 1. The molecule has 0 saturated heterocycles. The lowest BCUT2D eigenvalue weighted by Crippen LogP contribution is -2.28. The topological polar surface area (TPSA) is 43.2 Å². The highest BCUT2D eigenvalue weighted by atomic mass is 16.5. The maximum atomic E-state index is 5.89. The Balaban J connectivity index is 1.59. The van der Waals surface area contributed by atoms with Gasteiger partial charge in [0.05, 0.1) is 12.2 Å². The Morgan fingerprint density at radius 2 is 1.89 bits per heavy atom. The molecule has 28 heavy (non-hydrogen) atoms. The number of hydrogen-bond acceptors (Lipinski definition) is 4. The van der Waals surface area contributed by atoms with Crippen LogP contribution in [0.5, 0.6) is 5.75 Å². The number of aromatic nitrogens is 3. The second-order valence-electron chi connectivity index (χ2n) is 7.95. The quantitative estimate of drug-likeness (QED) is 0.654. The third kappa shape index (κ3) is 3.61. The van der Waals surface area contributed by atoms with Crippen molar-refractivity contribution in [2.75, 3.05) is 25.1 Å². The molecule has 0 saturated carbocycles. The molecule has 146 valence electrons. The minimum absolute atomic E-state index is 0.397. The molecule has 1 aliphatic heterocycles. The Kier molecular flexibility index (Phi) is 5.07. The Bertz CT molecular complexity index is 948. The maximum absolute atomic E-state index is 5.89. The summed E-state index contributed by atoms with van der Waals surface area (Å²) in [4.78, 5) is 11.1. The summed E-state index contributed by atoms with van der Waals surface area (Å²) in [6.07, 6.45) is 6.73. The Hall–Kier alpha value is -2.82.